The van der Waals surface area contributed by atoms with Gasteiger partial charge in [-0.3, -0.25) is 4.79 Å². The number of hydrogen-bond acceptors (Lipinski definition) is 7. The molecule has 0 saturated carbocycles. The van der Waals surface area contributed by atoms with Crippen molar-refractivity contribution in [1.82, 2.24) is 15.3 Å². The molecule has 2 heterocycles. The molecular formula is C19H23N3O5. The van der Waals surface area contributed by atoms with Gasteiger partial charge in [-0.05, 0) is 30.7 Å². The van der Waals surface area contributed by atoms with E-state index in [1.807, 2.05) is 24.3 Å². The molecule has 0 spiro atoms. The number of aliphatic hydroxyl groups is 2. The SMILES string of the molecule is COc1cccc([C@H]2C[C@@](O)(CNC(=O)c3ccncn3)[C@H](O)[C@@H](C)O2)c1. The second-order valence-corrected chi connectivity index (χ2v) is 6.64. The van der Waals surface area contributed by atoms with Gasteiger partial charge in [-0.1, -0.05) is 12.1 Å². The Labute approximate surface area is 157 Å². The highest BCUT2D eigenvalue weighted by molar-refractivity contribution is 5.92. The molecule has 1 amide bonds. The summed E-state index contributed by atoms with van der Waals surface area (Å²) in [5.74, 6) is 0.227. The van der Waals surface area contributed by atoms with Crippen LogP contribution in [0.1, 0.15) is 35.5 Å². The van der Waals surface area contributed by atoms with Crippen LogP contribution in [0, 0.1) is 0 Å². The molecule has 2 aromatic rings. The monoisotopic (exact) mass is 373 g/mol. The summed E-state index contributed by atoms with van der Waals surface area (Å²) in [5.41, 5.74) is -0.533. The number of benzene rings is 1. The van der Waals surface area contributed by atoms with Gasteiger partial charge < -0.3 is 25.0 Å². The predicted molar refractivity (Wildman–Crippen MR) is 96.2 cm³/mol. The zero-order valence-electron chi connectivity index (χ0n) is 15.2. The minimum atomic E-state index is -1.55. The predicted octanol–water partition coefficient (Wildman–Crippen LogP) is 0.857. The summed E-state index contributed by atoms with van der Waals surface area (Å²) in [5, 5.41) is 24.2. The molecule has 144 valence electrons. The van der Waals surface area contributed by atoms with Gasteiger partial charge in [-0.15, -0.1) is 0 Å². The molecule has 1 aliphatic rings. The number of hydrogen-bond donors (Lipinski definition) is 3. The van der Waals surface area contributed by atoms with Crippen molar-refractivity contribution in [2.45, 2.75) is 37.3 Å². The fourth-order valence-electron chi connectivity index (χ4n) is 3.22. The van der Waals surface area contributed by atoms with Crippen molar-refractivity contribution < 1.29 is 24.5 Å². The van der Waals surface area contributed by atoms with Crippen LogP contribution < -0.4 is 10.1 Å². The van der Waals surface area contributed by atoms with E-state index in [4.69, 9.17) is 9.47 Å². The number of carbonyl (C=O) groups is 1. The molecule has 1 saturated heterocycles. The van der Waals surface area contributed by atoms with Crippen LogP contribution in [0.15, 0.2) is 42.9 Å². The number of rotatable bonds is 5. The van der Waals surface area contributed by atoms with Crippen LogP contribution in [-0.2, 0) is 4.74 Å². The van der Waals surface area contributed by atoms with Crippen molar-refractivity contribution in [3.8, 4) is 5.75 Å². The number of methoxy groups -OCH3 is 1. The number of ether oxygens (including phenoxy) is 2. The second kappa shape index (κ2) is 7.99. The third-order valence-corrected chi connectivity index (χ3v) is 4.75. The Bertz CT molecular complexity index is 788. The summed E-state index contributed by atoms with van der Waals surface area (Å²) in [4.78, 5) is 19.8. The van der Waals surface area contributed by atoms with Gasteiger partial charge in [0.25, 0.3) is 5.91 Å². The average Bonchev–Trinajstić information content (AvgIpc) is 2.70. The van der Waals surface area contributed by atoms with Crippen molar-refractivity contribution in [2.24, 2.45) is 0 Å². The van der Waals surface area contributed by atoms with Crippen LogP contribution in [0.4, 0.5) is 0 Å². The number of nitrogens with one attached hydrogen (secondary N) is 1. The molecule has 8 nitrogen and oxygen atoms in total. The Morgan fingerprint density at radius 2 is 2.26 bits per heavy atom. The summed E-state index contributed by atoms with van der Waals surface area (Å²) < 4.78 is 11.1. The van der Waals surface area contributed by atoms with Crippen molar-refractivity contribution in [3.05, 3.63) is 54.1 Å². The average molecular weight is 373 g/mol. The van der Waals surface area contributed by atoms with Crippen LogP contribution in [-0.4, -0.2) is 57.6 Å². The quantitative estimate of drug-likeness (QED) is 0.712. The maximum Gasteiger partial charge on any atom is 0.270 e. The largest absolute Gasteiger partial charge is 0.497 e. The van der Waals surface area contributed by atoms with Gasteiger partial charge in [-0.2, -0.15) is 0 Å². The molecule has 27 heavy (non-hydrogen) atoms. The summed E-state index contributed by atoms with van der Waals surface area (Å²) >= 11 is 0. The van der Waals surface area contributed by atoms with Gasteiger partial charge in [0.2, 0.25) is 0 Å². The van der Waals surface area contributed by atoms with Crippen molar-refractivity contribution in [2.75, 3.05) is 13.7 Å². The Kier molecular flexibility index (Phi) is 5.69. The van der Waals surface area contributed by atoms with Gasteiger partial charge in [0, 0.05) is 19.2 Å². The summed E-state index contributed by atoms with van der Waals surface area (Å²) in [6, 6.07) is 8.83. The van der Waals surface area contributed by atoms with E-state index in [2.05, 4.69) is 15.3 Å². The van der Waals surface area contributed by atoms with Gasteiger partial charge in [0.05, 0.1) is 19.3 Å². The molecule has 3 N–H and O–H groups in total. The maximum atomic E-state index is 12.2. The van der Waals surface area contributed by atoms with E-state index in [0.717, 1.165) is 5.56 Å². The van der Waals surface area contributed by atoms with E-state index in [0.29, 0.717) is 5.75 Å². The third kappa shape index (κ3) is 4.24. The first-order valence-corrected chi connectivity index (χ1v) is 8.67. The van der Waals surface area contributed by atoms with Gasteiger partial charge >= 0.3 is 0 Å². The van der Waals surface area contributed by atoms with E-state index in [1.54, 1.807) is 14.0 Å². The summed E-state index contributed by atoms with van der Waals surface area (Å²) in [7, 11) is 1.58. The second-order valence-electron chi connectivity index (χ2n) is 6.64. The molecule has 1 aromatic heterocycles. The van der Waals surface area contributed by atoms with Gasteiger partial charge in [0.15, 0.2) is 0 Å². The Hall–Kier alpha value is -2.55. The summed E-state index contributed by atoms with van der Waals surface area (Å²) in [6.45, 7) is 1.55. The fraction of sp³-hybridized carbons (Fsp3) is 0.421. The first-order chi connectivity index (χ1) is 12.9. The zero-order valence-corrected chi connectivity index (χ0v) is 15.2. The number of nitrogens with zero attached hydrogens (tertiary/aromatic N) is 2. The Morgan fingerprint density at radius 1 is 1.44 bits per heavy atom. The third-order valence-electron chi connectivity index (χ3n) is 4.75. The standard InChI is InChI=1S/C19H23N3O5/c1-12-17(23)19(25,10-21-18(24)15-6-7-20-11-22-15)9-16(27-12)13-4-3-5-14(8-13)26-2/h3-8,11-12,16-17,23,25H,9-10H2,1-2H3,(H,21,24)/t12-,16-,17-,19-/m1/s1. The van der Waals surface area contributed by atoms with Crippen LogP contribution in [0.25, 0.3) is 0 Å². The van der Waals surface area contributed by atoms with E-state index >= 15 is 0 Å². The molecule has 3 rings (SSSR count). The van der Waals surface area contributed by atoms with Crippen LogP contribution in [0.3, 0.4) is 0 Å². The zero-order chi connectivity index (χ0) is 19.4. The van der Waals surface area contributed by atoms with E-state index < -0.39 is 29.8 Å². The van der Waals surface area contributed by atoms with Crippen molar-refractivity contribution in [1.29, 1.82) is 0 Å². The minimum Gasteiger partial charge on any atom is -0.497 e. The van der Waals surface area contributed by atoms with E-state index in [-0.39, 0.29) is 18.7 Å². The molecule has 0 bridgehead atoms. The lowest BCUT2D eigenvalue weighted by Crippen LogP contribution is -2.59. The first-order valence-electron chi connectivity index (χ1n) is 8.67. The number of aromatic nitrogens is 2. The van der Waals surface area contributed by atoms with E-state index in [9.17, 15) is 15.0 Å². The van der Waals surface area contributed by atoms with Crippen molar-refractivity contribution in [3.63, 3.8) is 0 Å². The Morgan fingerprint density at radius 3 is 2.96 bits per heavy atom. The van der Waals surface area contributed by atoms with E-state index in [1.165, 1.54) is 18.6 Å². The molecule has 0 unspecified atom stereocenters. The van der Waals surface area contributed by atoms with Gasteiger partial charge in [-0.25, -0.2) is 9.97 Å². The fourth-order valence-corrected chi connectivity index (χ4v) is 3.22. The topological polar surface area (TPSA) is 114 Å². The number of aliphatic hydroxyl groups excluding tert-OH is 1. The Balaban J connectivity index is 1.74. The highest BCUT2D eigenvalue weighted by atomic mass is 16.5. The molecule has 0 radical (unpaired) electrons. The number of carbonyl (C=O) groups excluding carboxylic acids is 1. The molecule has 1 aromatic carbocycles. The molecule has 0 aliphatic carbocycles. The maximum absolute atomic E-state index is 12.2. The molecular weight excluding hydrogens is 350 g/mol. The molecule has 8 heteroatoms. The smallest absolute Gasteiger partial charge is 0.270 e. The van der Waals surface area contributed by atoms with Crippen LogP contribution in [0.5, 0.6) is 5.75 Å². The molecule has 1 fully saturated rings. The lowest BCUT2D eigenvalue weighted by Gasteiger charge is -2.44. The highest BCUT2D eigenvalue weighted by Crippen LogP contribution is 2.38. The summed E-state index contributed by atoms with van der Waals surface area (Å²) in [6.07, 6.45) is 0.644. The lowest BCUT2D eigenvalue weighted by molar-refractivity contribution is -0.210. The molecule has 1 aliphatic heterocycles. The normalized spacial score (nSPS) is 27.8. The minimum absolute atomic E-state index is 0.121. The highest BCUT2D eigenvalue weighted by Gasteiger charge is 2.47. The lowest BCUT2D eigenvalue weighted by atomic mass is 9.82. The first kappa shape index (κ1) is 19.2. The van der Waals surface area contributed by atoms with Crippen LogP contribution >= 0.6 is 0 Å². The van der Waals surface area contributed by atoms with Gasteiger partial charge in [0.1, 0.15) is 29.5 Å². The number of amides is 1. The molecule has 4 atom stereocenters. The van der Waals surface area contributed by atoms with Crippen LogP contribution in [0.2, 0.25) is 0 Å². The van der Waals surface area contributed by atoms with Crippen molar-refractivity contribution >= 4 is 5.91 Å².